The van der Waals surface area contributed by atoms with Gasteiger partial charge in [0, 0.05) is 36.0 Å². The fourth-order valence-electron chi connectivity index (χ4n) is 5.07. The lowest BCUT2D eigenvalue weighted by Gasteiger charge is -2.51. The van der Waals surface area contributed by atoms with E-state index in [4.69, 9.17) is 21.3 Å². The number of aliphatic hydroxyl groups excluding tert-OH is 2. The summed E-state index contributed by atoms with van der Waals surface area (Å²) in [6.07, 6.45) is 8.02. The Morgan fingerprint density at radius 3 is 2.43 bits per heavy atom. The zero-order valence-electron chi connectivity index (χ0n) is 19.3. The van der Waals surface area contributed by atoms with Crippen molar-refractivity contribution < 1.29 is 20.2 Å². The standard InChI is InChI=1S/C23H41ClN2O4/c1-6-7-8-17-10-12-25-23(17,13-18(27)16-24)11-9-20(28)30-19-14-21(2,3)26(29)22(4,5)15-19/h10,12,18-20,27-29H,6-9,11,13-16H2,1-5H3. The SMILES string of the molecule is CCCCC1=CC=NC1(CCC(O)OC1CC(C)(C)N(O)C(C)(C)C1)CC(O)CCl. The van der Waals surface area contributed by atoms with Crippen molar-refractivity contribution in [2.45, 2.75) is 121 Å². The van der Waals surface area contributed by atoms with Crippen LogP contribution in [0.2, 0.25) is 0 Å². The number of halogens is 1. The number of hydrogen-bond acceptors (Lipinski definition) is 6. The van der Waals surface area contributed by atoms with Crippen LogP contribution in [0.25, 0.3) is 0 Å². The molecule has 0 aliphatic carbocycles. The predicted octanol–water partition coefficient (Wildman–Crippen LogP) is 4.44. The van der Waals surface area contributed by atoms with Gasteiger partial charge in [0.15, 0.2) is 6.29 Å². The lowest BCUT2D eigenvalue weighted by atomic mass is 9.79. The van der Waals surface area contributed by atoms with Crippen LogP contribution in [0.15, 0.2) is 16.6 Å². The number of hydrogen-bond donors (Lipinski definition) is 3. The number of piperidine rings is 1. The summed E-state index contributed by atoms with van der Waals surface area (Å²) in [7, 11) is 0. The molecule has 0 aromatic rings. The number of allylic oxidation sites excluding steroid dienone is 1. The van der Waals surface area contributed by atoms with Gasteiger partial charge in [0.25, 0.3) is 0 Å². The molecule has 2 rings (SSSR count). The molecular weight excluding hydrogens is 404 g/mol. The van der Waals surface area contributed by atoms with Crippen molar-refractivity contribution >= 4 is 17.8 Å². The van der Waals surface area contributed by atoms with E-state index in [-0.39, 0.29) is 12.0 Å². The number of ether oxygens (including phenoxy) is 1. The van der Waals surface area contributed by atoms with Gasteiger partial charge in [-0.2, -0.15) is 5.06 Å². The Bertz CT molecular complexity index is 604. The summed E-state index contributed by atoms with van der Waals surface area (Å²) in [4.78, 5) is 4.72. The smallest absolute Gasteiger partial charge is 0.155 e. The number of alkyl halides is 1. The third-order valence-electron chi connectivity index (χ3n) is 6.50. The largest absolute Gasteiger partial charge is 0.392 e. The molecule has 0 aromatic heterocycles. The van der Waals surface area contributed by atoms with E-state index in [1.165, 1.54) is 10.6 Å². The number of aliphatic hydroxyl groups is 2. The van der Waals surface area contributed by atoms with Crippen LogP contribution in [0.5, 0.6) is 0 Å². The van der Waals surface area contributed by atoms with E-state index in [0.29, 0.717) is 32.1 Å². The highest BCUT2D eigenvalue weighted by molar-refractivity contribution is 6.18. The van der Waals surface area contributed by atoms with E-state index < -0.39 is 29.0 Å². The Balaban J connectivity index is 2.01. The highest BCUT2D eigenvalue weighted by Gasteiger charge is 2.46. The summed E-state index contributed by atoms with van der Waals surface area (Å²) in [5.74, 6) is 0.168. The Morgan fingerprint density at radius 1 is 1.23 bits per heavy atom. The van der Waals surface area contributed by atoms with Gasteiger partial charge in [-0.15, -0.1) is 11.6 Å². The minimum Gasteiger partial charge on any atom is -0.392 e. The lowest BCUT2D eigenvalue weighted by Crippen LogP contribution is -2.60. The molecule has 1 fully saturated rings. The van der Waals surface area contributed by atoms with Gasteiger partial charge in [0.05, 0.1) is 17.7 Å². The molecule has 2 heterocycles. The molecule has 0 amide bonds. The molecule has 0 spiro atoms. The molecule has 174 valence electrons. The number of hydroxylamine groups is 2. The summed E-state index contributed by atoms with van der Waals surface area (Å²) in [5.41, 5.74) is -0.162. The van der Waals surface area contributed by atoms with Gasteiger partial charge in [-0.05, 0) is 71.4 Å². The maximum Gasteiger partial charge on any atom is 0.155 e. The third kappa shape index (κ3) is 6.27. The Kier molecular flexibility index (Phi) is 8.94. The maximum absolute atomic E-state index is 10.7. The number of unbranched alkanes of at least 4 members (excludes halogenated alkanes) is 1. The van der Waals surface area contributed by atoms with E-state index in [2.05, 4.69) is 6.92 Å². The topological polar surface area (TPSA) is 85.5 Å². The first-order chi connectivity index (χ1) is 14.0. The molecule has 2 aliphatic heterocycles. The van der Waals surface area contributed by atoms with E-state index in [9.17, 15) is 15.4 Å². The van der Waals surface area contributed by atoms with Gasteiger partial charge in [-0.25, -0.2) is 0 Å². The van der Waals surface area contributed by atoms with E-state index in [1.54, 1.807) is 0 Å². The molecular formula is C23H41ClN2O4. The predicted molar refractivity (Wildman–Crippen MR) is 121 cm³/mol. The molecule has 0 aromatic carbocycles. The first-order valence-electron chi connectivity index (χ1n) is 11.3. The molecule has 1 saturated heterocycles. The quantitative estimate of drug-likeness (QED) is 0.324. The van der Waals surface area contributed by atoms with E-state index >= 15 is 0 Å². The average Bonchev–Trinajstić information content (AvgIpc) is 3.04. The van der Waals surface area contributed by atoms with Crippen LogP contribution in [0.4, 0.5) is 0 Å². The second kappa shape index (κ2) is 10.4. The van der Waals surface area contributed by atoms with Crippen LogP contribution >= 0.6 is 11.6 Å². The van der Waals surface area contributed by atoms with Crippen molar-refractivity contribution in [3.8, 4) is 0 Å². The summed E-state index contributed by atoms with van der Waals surface area (Å²) < 4.78 is 6.02. The molecule has 6 nitrogen and oxygen atoms in total. The molecule has 0 radical (unpaired) electrons. The van der Waals surface area contributed by atoms with Crippen molar-refractivity contribution in [3.05, 3.63) is 11.6 Å². The minimum absolute atomic E-state index is 0.139. The highest BCUT2D eigenvalue weighted by atomic mass is 35.5. The zero-order valence-corrected chi connectivity index (χ0v) is 20.0. The number of nitrogens with zero attached hydrogens (tertiary/aromatic N) is 2. The second-order valence-electron chi connectivity index (χ2n) is 10.2. The second-order valence-corrected chi connectivity index (χ2v) is 10.5. The summed E-state index contributed by atoms with van der Waals surface area (Å²) >= 11 is 5.88. The van der Waals surface area contributed by atoms with Crippen LogP contribution < -0.4 is 0 Å². The van der Waals surface area contributed by atoms with E-state index in [0.717, 1.165) is 19.3 Å². The first-order valence-corrected chi connectivity index (χ1v) is 11.8. The Labute approximate surface area is 186 Å². The van der Waals surface area contributed by atoms with Gasteiger partial charge in [0.2, 0.25) is 0 Å². The van der Waals surface area contributed by atoms with Gasteiger partial charge in [-0.1, -0.05) is 13.3 Å². The van der Waals surface area contributed by atoms with Crippen molar-refractivity contribution in [1.82, 2.24) is 5.06 Å². The van der Waals surface area contributed by atoms with Gasteiger partial charge in [-0.3, -0.25) is 4.99 Å². The normalized spacial score (nSPS) is 28.5. The van der Waals surface area contributed by atoms with Crippen LogP contribution in [0.1, 0.15) is 86.0 Å². The average molecular weight is 445 g/mol. The summed E-state index contributed by atoms with van der Waals surface area (Å²) in [6.45, 7) is 10.1. The highest BCUT2D eigenvalue weighted by Crippen LogP contribution is 2.40. The molecule has 0 saturated carbocycles. The van der Waals surface area contributed by atoms with Crippen LogP contribution in [-0.2, 0) is 4.74 Å². The molecule has 2 aliphatic rings. The number of rotatable bonds is 11. The fourth-order valence-corrected chi connectivity index (χ4v) is 5.18. The maximum atomic E-state index is 10.7. The zero-order chi connectivity index (χ0) is 22.6. The molecule has 3 atom stereocenters. The molecule has 3 unspecified atom stereocenters. The van der Waals surface area contributed by atoms with Gasteiger partial charge < -0.3 is 20.2 Å². The van der Waals surface area contributed by atoms with Crippen molar-refractivity contribution in [3.63, 3.8) is 0 Å². The summed E-state index contributed by atoms with van der Waals surface area (Å²) in [5, 5.41) is 32.8. The van der Waals surface area contributed by atoms with Crippen LogP contribution in [0, 0.1) is 0 Å². The minimum atomic E-state index is -0.917. The van der Waals surface area contributed by atoms with Gasteiger partial charge in [0.1, 0.15) is 0 Å². The van der Waals surface area contributed by atoms with Crippen molar-refractivity contribution in [1.29, 1.82) is 0 Å². The van der Waals surface area contributed by atoms with Gasteiger partial charge >= 0.3 is 0 Å². The molecule has 7 heteroatoms. The Hall–Kier alpha value is -0.500. The molecule has 30 heavy (non-hydrogen) atoms. The molecule has 3 N–H and O–H groups in total. The lowest BCUT2D eigenvalue weighted by molar-refractivity contribution is -0.274. The summed E-state index contributed by atoms with van der Waals surface area (Å²) in [6, 6.07) is 0. The third-order valence-corrected chi connectivity index (χ3v) is 6.86. The monoisotopic (exact) mass is 444 g/mol. The van der Waals surface area contributed by atoms with Crippen LogP contribution in [0.3, 0.4) is 0 Å². The Morgan fingerprint density at radius 2 is 1.87 bits per heavy atom. The fraction of sp³-hybridized carbons (Fsp3) is 0.870. The number of aliphatic imine (C=N–C) groups is 1. The van der Waals surface area contributed by atoms with E-state index in [1.807, 2.05) is 40.0 Å². The first kappa shape index (κ1) is 25.8. The van der Waals surface area contributed by atoms with Crippen LogP contribution in [-0.4, -0.2) is 67.7 Å². The van der Waals surface area contributed by atoms with Crippen molar-refractivity contribution in [2.24, 2.45) is 4.99 Å². The van der Waals surface area contributed by atoms with Crippen molar-refractivity contribution in [2.75, 3.05) is 5.88 Å². The molecule has 0 bridgehead atoms.